The van der Waals surface area contributed by atoms with Crippen LogP contribution in [0.15, 0.2) is 0 Å². The van der Waals surface area contributed by atoms with Crippen molar-refractivity contribution in [1.82, 2.24) is 0 Å². The lowest BCUT2D eigenvalue weighted by Crippen LogP contribution is -2.28. The van der Waals surface area contributed by atoms with Crippen LogP contribution in [0.3, 0.4) is 0 Å². The van der Waals surface area contributed by atoms with Gasteiger partial charge in [-0.3, -0.25) is 4.79 Å². The lowest BCUT2D eigenvalue weighted by molar-refractivity contribution is -0.136. The zero-order valence-corrected chi connectivity index (χ0v) is 7.80. The molecule has 54 valence electrons. The third kappa shape index (κ3) is 3.54. The number of thiol groups is 4. The van der Waals surface area contributed by atoms with Crippen LogP contribution in [-0.4, -0.2) is 19.7 Å². The minimum atomic E-state index is -1.17. The molecule has 0 aliphatic heterocycles. The van der Waals surface area contributed by atoms with Crippen LogP contribution in [0, 0.1) is 0 Å². The van der Waals surface area contributed by atoms with E-state index < -0.39 is 14.6 Å². The van der Waals surface area contributed by atoms with Crippen molar-refractivity contribution >= 4 is 56.5 Å². The molecule has 0 amide bonds. The molecule has 0 fully saturated rings. The number of aliphatic carboxylic acids is 1. The van der Waals surface area contributed by atoms with Crippen LogP contribution in [0.1, 0.15) is 0 Å². The van der Waals surface area contributed by atoms with E-state index in [1.165, 1.54) is 0 Å². The monoisotopic (exact) mass is 202 g/mol. The Labute approximate surface area is 75.0 Å². The van der Waals surface area contributed by atoms with Gasteiger partial charge in [0.25, 0.3) is 0 Å². The molecule has 9 heavy (non-hydrogen) atoms. The third-order valence-corrected chi connectivity index (χ3v) is 2.59. The predicted octanol–water partition coefficient (Wildman–Crippen LogP) is 0.813. The van der Waals surface area contributed by atoms with Crippen LogP contribution < -0.4 is 0 Å². The Balaban J connectivity index is 4.04. The Morgan fingerprint density at radius 1 is 1.44 bits per heavy atom. The zero-order valence-electron chi connectivity index (χ0n) is 4.22. The maximum Gasteiger partial charge on any atom is 0.319 e. The fraction of sp³-hybridized carbons (Fsp3) is 0.667. The highest BCUT2D eigenvalue weighted by molar-refractivity contribution is 8.18. The fourth-order valence-corrected chi connectivity index (χ4v) is 0.497. The summed E-state index contributed by atoms with van der Waals surface area (Å²) in [6, 6.07) is 0. The second-order valence-corrected chi connectivity index (χ2v) is 5.12. The average molecular weight is 202 g/mol. The quantitative estimate of drug-likeness (QED) is 0.340. The van der Waals surface area contributed by atoms with E-state index >= 15 is 0 Å². The summed E-state index contributed by atoms with van der Waals surface area (Å²) in [5, 5.41) is 7.32. The first-order valence-electron chi connectivity index (χ1n) is 1.93. The van der Waals surface area contributed by atoms with E-state index in [4.69, 9.17) is 5.11 Å². The minimum absolute atomic E-state index is 0.979. The smallest absolute Gasteiger partial charge is 0.319 e. The van der Waals surface area contributed by atoms with Gasteiger partial charge in [0.15, 0.2) is 0 Å². The number of rotatable bonds is 2. The van der Waals surface area contributed by atoms with Crippen molar-refractivity contribution in [3.8, 4) is 0 Å². The summed E-state index contributed by atoms with van der Waals surface area (Å²) in [7, 11) is 0. The van der Waals surface area contributed by atoms with Crippen molar-refractivity contribution in [2.45, 2.75) is 8.66 Å². The number of carbonyl (C=O) groups is 1. The van der Waals surface area contributed by atoms with E-state index in [0.717, 1.165) is 0 Å². The van der Waals surface area contributed by atoms with Crippen molar-refractivity contribution in [3.63, 3.8) is 0 Å². The van der Waals surface area contributed by atoms with Gasteiger partial charge in [0.05, 0.1) is 0 Å². The molecule has 0 rings (SSSR count). The topological polar surface area (TPSA) is 37.3 Å². The maximum atomic E-state index is 10.1. The summed E-state index contributed by atoms with van der Waals surface area (Å²) in [5.74, 6) is -1.08. The average Bonchev–Trinajstić information content (AvgIpc) is 1.62. The Bertz CT molecular complexity index is 117. The molecule has 0 heterocycles. The summed E-state index contributed by atoms with van der Waals surface area (Å²) < 4.78 is -1.17. The van der Waals surface area contributed by atoms with Gasteiger partial charge < -0.3 is 5.11 Å². The molecule has 0 bridgehead atoms. The maximum absolute atomic E-state index is 10.1. The largest absolute Gasteiger partial charge is 0.480 e. The van der Waals surface area contributed by atoms with Gasteiger partial charge in [-0.1, -0.05) is 0 Å². The molecule has 2 nitrogen and oxygen atoms in total. The molecule has 0 saturated heterocycles. The van der Waals surface area contributed by atoms with Crippen LogP contribution in [0.2, 0.25) is 0 Å². The SMILES string of the molecule is O=C(O)C(S)C(S)(S)S. The van der Waals surface area contributed by atoms with E-state index in [1.807, 2.05) is 0 Å². The molecule has 0 aromatic rings. The molecule has 0 aromatic heterocycles. The highest BCUT2D eigenvalue weighted by atomic mass is 32.2. The molecule has 1 unspecified atom stereocenters. The zero-order chi connectivity index (χ0) is 7.65. The summed E-state index contributed by atoms with van der Waals surface area (Å²) >= 11 is 15.0. The van der Waals surface area contributed by atoms with Crippen molar-refractivity contribution in [3.05, 3.63) is 0 Å². The number of carboxylic acids is 1. The lowest BCUT2D eigenvalue weighted by Gasteiger charge is -2.18. The molecule has 0 aliphatic rings. The Hall–Kier alpha value is 0.870. The van der Waals surface area contributed by atoms with E-state index in [9.17, 15) is 4.79 Å². The first kappa shape index (κ1) is 9.87. The standard InChI is InChI=1S/C3H6O2S4/c4-2(5)1(6)3(7,8)9/h1,6-9H,(H,4,5). The van der Waals surface area contributed by atoms with E-state index in [1.54, 1.807) is 0 Å². The lowest BCUT2D eigenvalue weighted by atomic mass is 10.5. The minimum Gasteiger partial charge on any atom is -0.480 e. The first-order chi connectivity index (χ1) is 3.85. The van der Waals surface area contributed by atoms with Crippen LogP contribution in [0.4, 0.5) is 0 Å². The van der Waals surface area contributed by atoms with E-state index in [0.29, 0.717) is 0 Å². The van der Waals surface area contributed by atoms with Gasteiger partial charge in [-0.25, -0.2) is 0 Å². The van der Waals surface area contributed by atoms with Crippen LogP contribution >= 0.6 is 50.5 Å². The van der Waals surface area contributed by atoms with Crippen LogP contribution in [0.25, 0.3) is 0 Å². The predicted molar refractivity (Wildman–Crippen MR) is 50.1 cm³/mol. The van der Waals surface area contributed by atoms with Crippen molar-refractivity contribution in [2.75, 3.05) is 0 Å². The molecule has 0 radical (unpaired) electrons. The van der Waals surface area contributed by atoms with Gasteiger partial charge in [-0.2, -0.15) is 12.6 Å². The highest BCUT2D eigenvalue weighted by Gasteiger charge is 2.30. The van der Waals surface area contributed by atoms with E-state index in [2.05, 4.69) is 50.5 Å². The second-order valence-electron chi connectivity index (χ2n) is 1.43. The number of hydrogen-bond acceptors (Lipinski definition) is 5. The molecular weight excluding hydrogens is 196 g/mol. The molecule has 1 N–H and O–H groups in total. The molecule has 0 spiro atoms. The normalized spacial score (nSPS) is 15.1. The molecule has 0 aromatic carbocycles. The molecule has 1 atom stereocenters. The van der Waals surface area contributed by atoms with Crippen LogP contribution in [0.5, 0.6) is 0 Å². The molecule has 0 saturated carbocycles. The molecule has 0 aliphatic carbocycles. The van der Waals surface area contributed by atoms with E-state index in [-0.39, 0.29) is 0 Å². The number of carboxylic acid groups (broad SMARTS) is 1. The first-order valence-corrected chi connectivity index (χ1v) is 3.79. The highest BCUT2D eigenvalue weighted by Crippen LogP contribution is 2.31. The van der Waals surface area contributed by atoms with Crippen molar-refractivity contribution in [2.24, 2.45) is 0 Å². The van der Waals surface area contributed by atoms with Crippen molar-refractivity contribution < 1.29 is 9.90 Å². The Morgan fingerprint density at radius 2 is 1.78 bits per heavy atom. The van der Waals surface area contributed by atoms with Gasteiger partial charge in [0.2, 0.25) is 0 Å². The van der Waals surface area contributed by atoms with Crippen molar-refractivity contribution in [1.29, 1.82) is 0 Å². The second kappa shape index (κ2) is 3.32. The Kier molecular flexibility index (Phi) is 3.64. The van der Waals surface area contributed by atoms with Gasteiger partial charge in [0, 0.05) is 0 Å². The summed E-state index contributed by atoms with van der Waals surface area (Å²) in [5.41, 5.74) is 0. The van der Waals surface area contributed by atoms with Gasteiger partial charge in [-0.15, -0.1) is 37.9 Å². The summed E-state index contributed by atoms with van der Waals surface area (Å²) in [6.07, 6.45) is 0. The Morgan fingerprint density at radius 3 is 1.78 bits per heavy atom. The third-order valence-electron chi connectivity index (χ3n) is 0.601. The molecular formula is C3H6O2S4. The van der Waals surface area contributed by atoms with Crippen LogP contribution in [-0.2, 0) is 4.79 Å². The summed E-state index contributed by atoms with van der Waals surface area (Å²) in [6.45, 7) is 0. The van der Waals surface area contributed by atoms with Gasteiger partial charge in [-0.05, 0) is 0 Å². The number of hydrogen-bond donors (Lipinski definition) is 5. The fourth-order valence-electron chi connectivity index (χ4n) is 0.166. The summed E-state index contributed by atoms with van der Waals surface area (Å²) in [4.78, 5) is 10.1. The molecule has 6 heteroatoms. The van der Waals surface area contributed by atoms with Gasteiger partial charge in [0.1, 0.15) is 8.66 Å². The van der Waals surface area contributed by atoms with Gasteiger partial charge >= 0.3 is 5.97 Å².